The van der Waals surface area contributed by atoms with Crippen LogP contribution in [-0.4, -0.2) is 30.3 Å². The third kappa shape index (κ3) is 3.63. The maximum absolute atomic E-state index is 13.4. The number of Topliss-reactive ketones (excluding diaryl/α,β-unsaturated/α-hetero) is 1. The first kappa shape index (κ1) is 14.2. The predicted molar refractivity (Wildman–Crippen MR) is 74.9 cm³/mol. The van der Waals surface area contributed by atoms with Crippen LogP contribution in [0, 0.1) is 18.7 Å². The van der Waals surface area contributed by atoms with Gasteiger partial charge in [0, 0.05) is 24.6 Å². The Balaban J connectivity index is 1.88. The van der Waals surface area contributed by atoms with E-state index in [1.54, 1.807) is 19.1 Å². The van der Waals surface area contributed by atoms with E-state index in [1.165, 1.54) is 18.9 Å². The van der Waals surface area contributed by atoms with Crippen molar-refractivity contribution in [2.45, 2.75) is 39.2 Å². The molecule has 1 aromatic rings. The topological polar surface area (TPSA) is 20.3 Å². The largest absolute Gasteiger partial charge is 0.303 e. The highest BCUT2D eigenvalue weighted by Crippen LogP contribution is 2.34. The zero-order valence-corrected chi connectivity index (χ0v) is 11.9. The van der Waals surface area contributed by atoms with Crippen LogP contribution in [0.25, 0.3) is 0 Å². The Kier molecular flexibility index (Phi) is 4.35. The van der Waals surface area contributed by atoms with Gasteiger partial charge in [-0.1, -0.05) is 12.1 Å². The zero-order chi connectivity index (χ0) is 14.0. The molecule has 3 heteroatoms. The molecule has 2 nitrogen and oxygen atoms in total. The van der Waals surface area contributed by atoms with Gasteiger partial charge in [0.25, 0.3) is 0 Å². The molecule has 1 unspecified atom stereocenters. The molecular formula is C16H22FNO. The summed E-state index contributed by atoms with van der Waals surface area (Å²) in [5.74, 6) is 0.524. The summed E-state index contributed by atoms with van der Waals surface area (Å²) < 4.78 is 13.4. The summed E-state index contributed by atoms with van der Waals surface area (Å²) in [5.41, 5.74) is 1.06. The number of carbonyl (C=O) groups excluding carboxylic acids is 1. The van der Waals surface area contributed by atoms with Crippen LogP contribution in [0.15, 0.2) is 18.2 Å². The van der Waals surface area contributed by atoms with Gasteiger partial charge in [0.2, 0.25) is 0 Å². The molecule has 1 aliphatic rings. The Morgan fingerprint density at radius 3 is 2.74 bits per heavy atom. The van der Waals surface area contributed by atoms with E-state index in [4.69, 9.17) is 0 Å². The first-order chi connectivity index (χ1) is 8.99. The molecule has 0 heterocycles. The molecule has 1 aliphatic carbocycles. The lowest BCUT2D eigenvalue weighted by molar-refractivity contribution is 0.0959. The van der Waals surface area contributed by atoms with E-state index < -0.39 is 0 Å². The fourth-order valence-corrected chi connectivity index (χ4v) is 2.33. The molecule has 1 fully saturated rings. The SMILES string of the molecule is Cc1ccc(C(=O)CCN(C)C(C)C2CC2)cc1F. The van der Waals surface area contributed by atoms with Crippen LogP contribution < -0.4 is 0 Å². The van der Waals surface area contributed by atoms with Crippen LogP contribution in [-0.2, 0) is 0 Å². The first-order valence-corrected chi connectivity index (χ1v) is 6.98. The van der Waals surface area contributed by atoms with Crippen molar-refractivity contribution in [3.05, 3.63) is 35.1 Å². The van der Waals surface area contributed by atoms with Crippen LogP contribution in [0.2, 0.25) is 0 Å². The fourth-order valence-electron chi connectivity index (χ4n) is 2.33. The van der Waals surface area contributed by atoms with Gasteiger partial charge in [-0.25, -0.2) is 4.39 Å². The third-order valence-electron chi connectivity index (χ3n) is 4.18. The minimum atomic E-state index is -0.300. The van der Waals surface area contributed by atoms with Crippen LogP contribution in [0.3, 0.4) is 0 Å². The number of rotatable bonds is 6. The van der Waals surface area contributed by atoms with Crippen LogP contribution in [0.5, 0.6) is 0 Å². The van der Waals surface area contributed by atoms with Crippen molar-refractivity contribution in [3.63, 3.8) is 0 Å². The molecule has 2 rings (SSSR count). The normalized spacial score (nSPS) is 16.7. The third-order valence-corrected chi connectivity index (χ3v) is 4.18. The number of hydrogen-bond acceptors (Lipinski definition) is 2. The minimum absolute atomic E-state index is 0.0220. The van der Waals surface area contributed by atoms with Gasteiger partial charge in [0.1, 0.15) is 5.82 Å². The van der Waals surface area contributed by atoms with Gasteiger partial charge in [-0.15, -0.1) is 0 Å². The number of halogens is 1. The minimum Gasteiger partial charge on any atom is -0.303 e. The maximum atomic E-state index is 13.4. The number of benzene rings is 1. The van der Waals surface area contributed by atoms with Crippen LogP contribution >= 0.6 is 0 Å². The predicted octanol–water partition coefficient (Wildman–Crippen LogP) is 3.44. The summed E-state index contributed by atoms with van der Waals surface area (Å²) in [5, 5.41) is 0. The Morgan fingerprint density at radius 1 is 1.47 bits per heavy atom. The van der Waals surface area contributed by atoms with Crippen molar-refractivity contribution < 1.29 is 9.18 Å². The summed E-state index contributed by atoms with van der Waals surface area (Å²) in [6, 6.07) is 5.27. The van der Waals surface area contributed by atoms with Crippen molar-refractivity contribution in [3.8, 4) is 0 Å². The molecule has 1 atom stereocenters. The monoisotopic (exact) mass is 263 g/mol. The van der Waals surface area contributed by atoms with Gasteiger partial charge < -0.3 is 4.90 Å². The second-order valence-corrected chi connectivity index (χ2v) is 5.70. The summed E-state index contributed by atoms with van der Waals surface area (Å²) in [4.78, 5) is 14.3. The lowest BCUT2D eigenvalue weighted by Crippen LogP contribution is -2.32. The lowest BCUT2D eigenvalue weighted by Gasteiger charge is -2.24. The molecule has 1 saturated carbocycles. The van der Waals surface area contributed by atoms with E-state index in [1.807, 2.05) is 0 Å². The van der Waals surface area contributed by atoms with Crippen molar-refractivity contribution in [1.29, 1.82) is 0 Å². The zero-order valence-electron chi connectivity index (χ0n) is 11.9. The molecule has 0 bridgehead atoms. The van der Waals surface area contributed by atoms with E-state index in [-0.39, 0.29) is 11.6 Å². The van der Waals surface area contributed by atoms with E-state index in [0.29, 0.717) is 23.6 Å². The average Bonchev–Trinajstić information content (AvgIpc) is 3.22. The number of carbonyl (C=O) groups is 1. The molecule has 0 saturated heterocycles. The van der Waals surface area contributed by atoms with E-state index in [0.717, 1.165) is 12.5 Å². The van der Waals surface area contributed by atoms with Crippen LogP contribution in [0.1, 0.15) is 42.1 Å². The molecule has 0 radical (unpaired) electrons. The molecule has 0 aliphatic heterocycles. The maximum Gasteiger partial charge on any atom is 0.164 e. The molecule has 0 aromatic heterocycles. The molecule has 0 amide bonds. The lowest BCUT2D eigenvalue weighted by atomic mass is 10.1. The smallest absolute Gasteiger partial charge is 0.164 e. The molecule has 1 aromatic carbocycles. The van der Waals surface area contributed by atoms with Gasteiger partial charge in [0.15, 0.2) is 5.78 Å². The van der Waals surface area contributed by atoms with E-state index >= 15 is 0 Å². The Morgan fingerprint density at radius 2 is 2.16 bits per heavy atom. The average molecular weight is 263 g/mol. The summed E-state index contributed by atoms with van der Waals surface area (Å²) in [6.07, 6.45) is 3.07. The summed E-state index contributed by atoms with van der Waals surface area (Å²) in [7, 11) is 2.06. The fraction of sp³-hybridized carbons (Fsp3) is 0.562. The number of hydrogen-bond donors (Lipinski definition) is 0. The Hall–Kier alpha value is -1.22. The standard InChI is InChI=1S/C16H22FNO/c1-11-4-5-14(10-15(11)17)16(19)8-9-18(3)12(2)13-6-7-13/h4-5,10,12-13H,6-9H2,1-3H3. The molecule has 104 valence electrons. The number of aryl methyl sites for hydroxylation is 1. The van der Waals surface area contributed by atoms with Gasteiger partial charge in [-0.05, 0) is 51.3 Å². The second-order valence-electron chi connectivity index (χ2n) is 5.70. The Labute approximate surface area is 114 Å². The molecular weight excluding hydrogens is 241 g/mol. The van der Waals surface area contributed by atoms with Crippen molar-refractivity contribution in [2.24, 2.45) is 5.92 Å². The summed E-state index contributed by atoms with van der Waals surface area (Å²) in [6.45, 7) is 4.66. The molecule has 0 spiro atoms. The van der Waals surface area contributed by atoms with Gasteiger partial charge >= 0.3 is 0 Å². The highest BCUT2D eigenvalue weighted by molar-refractivity contribution is 5.96. The van der Waals surface area contributed by atoms with Gasteiger partial charge in [-0.3, -0.25) is 4.79 Å². The highest BCUT2D eigenvalue weighted by Gasteiger charge is 2.30. The van der Waals surface area contributed by atoms with Crippen molar-refractivity contribution in [1.82, 2.24) is 4.90 Å². The van der Waals surface area contributed by atoms with E-state index in [9.17, 15) is 9.18 Å². The van der Waals surface area contributed by atoms with Crippen LogP contribution in [0.4, 0.5) is 4.39 Å². The second kappa shape index (κ2) is 5.83. The van der Waals surface area contributed by atoms with Crippen molar-refractivity contribution >= 4 is 5.78 Å². The highest BCUT2D eigenvalue weighted by atomic mass is 19.1. The first-order valence-electron chi connectivity index (χ1n) is 6.98. The number of nitrogens with zero attached hydrogens (tertiary/aromatic N) is 1. The van der Waals surface area contributed by atoms with Gasteiger partial charge in [0.05, 0.1) is 0 Å². The summed E-state index contributed by atoms with van der Waals surface area (Å²) >= 11 is 0. The molecule has 0 N–H and O–H groups in total. The molecule has 19 heavy (non-hydrogen) atoms. The van der Waals surface area contributed by atoms with Gasteiger partial charge in [-0.2, -0.15) is 0 Å². The number of ketones is 1. The van der Waals surface area contributed by atoms with Crippen molar-refractivity contribution in [2.75, 3.05) is 13.6 Å². The Bertz CT molecular complexity index is 468. The van der Waals surface area contributed by atoms with E-state index in [2.05, 4.69) is 18.9 Å². The quantitative estimate of drug-likeness (QED) is 0.733.